The number of hydrogen-bond donors (Lipinski definition) is 2. The maximum absolute atomic E-state index is 15.0. The Morgan fingerprint density at radius 3 is 2.41 bits per heavy atom. The number of rotatable bonds is 4. The van der Waals surface area contributed by atoms with Crippen molar-refractivity contribution in [1.29, 1.82) is 0 Å². The van der Waals surface area contributed by atoms with Gasteiger partial charge in [0.15, 0.2) is 5.82 Å². The van der Waals surface area contributed by atoms with E-state index in [2.05, 4.69) is 34.3 Å². The van der Waals surface area contributed by atoms with Gasteiger partial charge in [-0.05, 0) is 75.4 Å². The Bertz CT molecular complexity index is 1290. The van der Waals surface area contributed by atoms with Gasteiger partial charge in [0.05, 0.1) is 5.69 Å². The number of phenols is 1. The van der Waals surface area contributed by atoms with Crippen LogP contribution in [0.3, 0.4) is 0 Å². The first-order valence-corrected chi connectivity index (χ1v) is 11.6. The lowest BCUT2D eigenvalue weighted by molar-refractivity contribution is 0.207. The standard InChI is InChI=1S/C26H30FN5O2/c1-25-8-9-26(2,30-25)15-17(14-25)32(4)23-6-5-21(28-29-23)19-12-20(27)18(13-22(19)33)16-7-10-31(3)24(34)11-16/h5-7,10-13,17,30,33H,8-9,14-15H2,1-4H3/t17-,25-,26+. The molecule has 0 saturated carbocycles. The molecule has 0 aliphatic carbocycles. The van der Waals surface area contributed by atoms with Crippen LogP contribution >= 0.6 is 0 Å². The molecule has 3 atom stereocenters. The highest BCUT2D eigenvalue weighted by Crippen LogP contribution is 2.44. The van der Waals surface area contributed by atoms with Gasteiger partial charge >= 0.3 is 0 Å². The molecule has 2 aliphatic rings. The summed E-state index contributed by atoms with van der Waals surface area (Å²) in [6.07, 6.45) is 6.00. The second kappa shape index (κ2) is 7.91. The topological polar surface area (TPSA) is 83.3 Å². The number of piperidine rings is 1. The van der Waals surface area contributed by atoms with Crippen molar-refractivity contribution in [3.8, 4) is 28.1 Å². The number of nitrogens with zero attached hydrogens (tertiary/aromatic N) is 4. The van der Waals surface area contributed by atoms with Crippen LogP contribution in [0.15, 0.2) is 47.4 Å². The fourth-order valence-corrected chi connectivity index (χ4v) is 5.65. The lowest BCUT2D eigenvalue weighted by atomic mass is 9.84. The van der Waals surface area contributed by atoms with Crippen molar-refractivity contribution >= 4 is 5.82 Å². The van der Waals surface area contributed by atoms with Crippen molar-refractivity contribution in [2.24, 2.45) is 7.05 Å². The first-order chi connectivity index (χ1) is 16.1. The summed E-state index contributed by atoms with van der Waals surface area (Å²) in [5.41, 5.74) is 1.24. The molecule has 8 heteroatoms. The van der Waals surface area contributed by atoms with Gasteiger partial charge in [0.1, 0.15) is 11.6 Å². The monoisotopic (exact) mass is 463 g/mol. The van der Waals surface area contributed by atoms with Crippen molar-refractivity contribution in [1.82, 2.24) is 20.1 Å². The number of phenolic OH excluding ortho intramolecular Hbond substituents is 1. The summed E-state index contributed by atoms with van der Waals surface area (Å²) in [5, 5.41) is 23.1. The molecule has 0 unspecified atom stereocenters. The highest BCUT2D eigenvalue weighted by molar-refractivity contribution is 5.74. The molecule has 4 heterocycles. The molecule has 2 bridgehead atoms. The molecule has 178 valence electrons. The molecule has 0 spiro atoms. The van der Waals surface area contributed by atoms with Crippen molar-refractivity contribution in [3.05, 3.63) is 58.8 Å². The van der Waals surface area contributed by atoms with E-state index in [-0.39, 0.29) is 33.5 Å². The molecule has 7 nitrogen and oxygen atoms in total. The number of fused-ring (bicyclic) bond motifs is 2. The zero-order valence-corrected chi connectivity index (χ0v) is 20.0. The minimum Gasteiger partial charge on any atom is -0.507 e. The average molecular weight is 464 g/mol. The predicted octanol–water partition coefficient (Wildman–Crippen LogP) is 3.85. The van der Waals surface area contributed by atoms with Gasteiger partial charge in [0.25, 0.3) is 5.56 Å². The second-order valence-corrected chi connectivity index (χ2v) is 10.4. The summed E-state index contributed by atoms with van der Waals surface area (Å²) in [7, 11) is 3.67. The first kappa shape index (κ1) is 22.5. The molecule has 34 heavy (non-hydrogen) atoms. The molecule has 5 rings (SSSR count). The van der Waals surface area contributed by atoms with Gasteiger partial charge in [-0.1, -0.05) is 0 Å². The minimum absolute atomic E-state index is 0.122. The van der Waals surface area contributed by atoms with Crippen LogP contribution in [0, 0.1) is 5.82 Å². The van der Waals surface area contributed by atoms with Gasteiger partial charge in [-0.25, -0.2) is 4.39 Å². The van der Waals surface area contributed by atoms with Crippen LogP contribution in [0.25, 0.3) is 22.4 Å². The smallest absolute Gasteiger partial charge is 0.250 e. The molecule has 2 fully saturated rings. The Hall–Kier alpha value is -3.26. The molecular formula is C26H30FN5O2. The molecule has 2 saturated heterocycles. The molecule has 3 aromatic rings. The summed E-state index contributed by atoms with van der Waals surface area (Å²) in [6, 6.07) is 9.51. The predicted molar refractivity (Wildman–Crippen MR) is 130 cm³/mol. The summed E-state index contributed by atoms with van der Waals surface area (Å²) in [5.74, 6) is 0.0814. The summed E-state index contributed by atoms with van der Waals surface area (Å²) >= 11 is 0. The van der Waals surface area contributed by atoms with Gasteiger partial charge in [0.2, 0.25) is 0 Å². The van der Waals surface area contributed by atoms with Crippen LogP contribution in [-0.2, 0) is 7.05 Å². The fourth-order valence-electron chi connectivity index (χ4n) is 5.65. The van der Waals surface area contributed by atoms with E-state index in [1.54, 1.807) is 25.4 Å². The van der Waals surface area contributed by atoms with Gasteiger partial charge in [-0.2, -0.15) is 0 Å². The Labute approximate surface area is 198 Å². The van der Waals surface area contributed by atoms with Gasteiger partial charge in [-0.3, -0.25) is 4.79 Å². The zero-order valence-electron chi connectivity index (χ0n) is 20.0. The van der Waals surface area contributed by atoms with Gasteiger partial charge < -0.3 is 19.9 Å². The van der Waals surface area contributed by atoms with Crippen molar-refractivity contribution < 1.29 is 9.50 Å². The summed E-state index contributed by atoms with van der Waals surface area (Å²) in [4.78, 5) is 14.1. The van der Waals surface area contributed by atoms with E-state index >= 15 is 0 Å². The lowest BCUT2D eigenvalue weighted by Gasteiger charge is -2.45. The normalized spacial score (nSPS) is 26.0. The Balaban J connectivity index is 1.40. The van der Waals surface area contributed by atoms with Crippen LogP contribution < -0.4 is 15.8 Å². The third kappa shape index (κ3) is 3.96. The molecule has 2 N–H and O–H groups in total. The van der Waals surface area contributed by atoms with Gasteiger partial charge in [0, 0.05) is 54.6 Å². The maximum Gasteiger partial charge on any atom is 0.250 e. The molecule has 1 aromatic carbocycles. The largest absolute Gasteiger partial charge is 0.507 e. The van der Waals surface area contributed by atoms with Gasteiger partial charge in [-0.15, -0.1) is 10.2 Å². The van der Waals surface area contributed by atoms with E-state index < -0.39 is 5.82 Å². The Morgan fingerprint density at radius 1 is 1.09 bits per heavy atom. The van der Waals surface area contributed by atoms with E-state index in [9.17, 15) is 14.3 Å². The minimum atomic E-state index is -0.546. The average Bonchev–Trinajstić information content (AvgIpc) is 3.03. The van der Waals surface area contributed by atoms with E-state index in [1.807, 2.05) is 13.1 Å². The zero-order chi connectivity index (χ0) is 24.3. The first-order valence-electron chi connectivity index (χ1n) is 11.6. The van der Waals surface area contributed by atoms with Crippen LogP contribution in [0.4, 0.5) is 10.2 Å². The van der Waals surface area contributed by atoms with Crippen molar-refractivity contribution in [2.45, 2.75) is 56.7 Å². The molecule has 2 aliphatic heterocycles. The third-order valence-corrected chi connectivity index (χ3v) is 7.54. The van der Waals surface area contributed by atoms with Crippen molar-refractivity contribution in [3.63, 3.8) is 0 Å². The van der Waals surface area contributed by atoms with Crippen LogP contribution in [0.2, 0.25) is 0 Å². The van der Waals surface area contributed by atoms with Crippen LogP contribution in [0.1, 0.15) is 39.5 Å². The lowest BCUT2D eigenvalue weighted by Crippen LogP contribution is -2.58. The summed E-state index contributed by atoms with van der Waals surface area (Å²) in [6.45, 7) is 4.59. The van der Waals surface area contributed by atoms with Crippen LogP contribution in [0.5, 0.6) is 5.75 Å². The molecule has 0 radical (unpaired) electrons. The molecule has 2 aromatic heterocycles. The SMILES string of the molecule is CN(c1ccc(-c2cc(F)c(-c3ccn(C)c(=O)c3)cc2O)nn1)[C@H]1C[C@]2(C)CC[C@](C)(C1)N2. The number of pyridine rings is 1. The number of nitrogens with one attached hydrogen (secondary N) is 1. The fraction of sp³-hybridized carbons (Fsp3) is 0.423. The Kier molecular flexibility index (Phi) is 5.24. The van der Waals surface area contributed by atoms with Crippen LogP contribution in [-0.4, -0.2) is 44.0 Å². The molecular weight excluding hydrogens is 433 g/mol. The second-order valence-electron chi connectivity index (χ2n) is 10.4. The third-order valence-electron chi connectivity index (χ3n) is 7.54. The van der Waals surface area contributed by atoms with E-state index in [0.717, 1.165) is 18.7 Å². The number of aryl methyl sites for hydroxylation is 1. The summed E-state index contributed by atoms with van der Waals surface area (Å²) < 4.78 is 16.4. The number of anilines is 1. The highest BCUT2D eigenvalue weighted by Gasteiger charge is 2.49. The van der Waals surface area contributed by atoms with E-state index in [0.29, 0.717) is 17.3 Å². The maximum atomic E-state index is 15.0. The molecule has 0 amide bonds. The number of hydrogen-bond acceptors (Lipinski definition) is 6. The number of aromatic nitrogens is 3. The quantitative estimate of drug-likeness (QED) is 0.612. The number of halogens is 1. The Morgan fingerprint density at radius 2 is 1.79 bits per heavy atom. The van der Waals surface area contributed by atoms with E-state index in [1.165, 1.54) is 35.6 Å². The number of benzene rings is 1. The highest BCUT2D eigenvalue weighted by atomic mass is 19.1. The van der Waals surface area contributed by atoms with E-state index in [4.69, 9.17) is 0 Å². The van der Waals surface area contributed by atoms with Crippen molar-refractivity contribution in [2.75, 3.05) is 11.9 Å². The number of aromatic hydroxyl groups is 1.